The molecule has 0 spiro atoms. The van der Waals surface area contributed by atoms with Gasteiger partial charge in [-0.1, -0.05) is 0 Å². The first-order valence-electron chi connectivity index (χ1n) is 6.30. The molecule has 9 heteroatoms. The summed E-state index contributed by atoms with van der Waals surface area (Å²) in [7, 11) is 0. The van der Waals surface area contributed by atoms with Crippen molar-refractivity contribution in [2.45, 2.75) is 30.8 Å². The molecule has 114 valence electrons. The number of ether oxygens (including phenoxy) is 1. The highest BCUT2D eigenvalue weighted by Crippen LogP contribution is 2.43. The zero-order valence-electron chi connectivity index (χ0n) is 11.1. The third-order valence-corrected chi connectivity index (χ3v) is 3.73. The first-order chi connectivity index (χ1) is 9.86. The van der Waals surface area contributed by atoms with Gasteiger partial charge in [0.15, 0.2) is 0 Å². The molecule has 6 N–H and O–H groups in total. The standard InChI is InChI=1S/C12H15N3O6/c1-12(19)8(17)5(2-16)21-9(12)4-3-20-7-6(4)14-11(13)15-10(7)18/h3,5,8-9,16-17,19H,2H2,1H3,(H3,13,14,15,18)/t5-,8-,9+,12-/m1/s1. The van der Waals surface area contributed by atoms with Gasteiger partial charge in [-0.15, -0.1) is 0 Å². The highest BCUT2D eigenvalue weighted by atomic mass is 16.6. The second-order valence-electron chi connectivity index (χ2n) is 5.23. The summed E-state index contributed by atoms with van der Waals surface area (Å²) < 4.78 is 10.6. The monoisotopic (exact) mass is 297 g/mol. The van der Waals surface area contributed by atoms with Crippen molar-refractivity contribution >= 4 is 17.0 Å². The van der Waals surface area contributed by atoms with Gasteiger partial charge in [0.25, 0.3) is 5.56 Å². The lowest BCUT2D eigenvalue weighted by atomic mass is 9.89. The lowest BCUT2D eigenvalue weighted by molar-refractivity contribution is -0.0643. The third kappa shape index (κ3) is 1.94. The van der Waals surface area contributed by atoms with Crippen molar-refractivity contribution in [2.24, 2.45) is 0 Å². The summed E-state index contributed by atoms with van der Waals surface area (Å²) in [6.45, 7) is 0.910. The second kappa shape index (κ2) is 4.53. The molecule has 1 fully saturated rings. The van der Waals surface area contributed by atoms with Crippen LogP contribution in [0.2, 0.25) is 0 Å². The van der Waals surface area contributed by atoms with E-state index in [2.05, 4.69) is 9.97 Å². The van der Waals surface area contributed by atoms with Crippen molar-refractivity contribution in [2.75, 3.05) is 12.3 Å². The predicted molar refractivity (Wildman–Crippen MR) is 70.4 cm³/mol. The molecule has 2 aromatic heterocycles. The molecule has 1 saturated heterocycles. The fraction of sp³-hybridized carbons (Fsp3) is 0.500. The molecule has 1 aliphatic heterocycles. The van der Waals surface area contributed by atoms with E-state index in [4.69, 9.17) is 14.9 Å². The Labute approximate surface area is 118 Å². The van der Waals surface area contributed by atoms with E-state index in [1.165, 1.54) is 13.2 Å². The van der Waals surface area contributed by atoms with Crippen LogP contribution in [0.3, 0.4) is 0 Å². The highest BCUT2D eigenvalue weighted by molar-refractivity contribution is 5.77. The third-order valence-electron chi connectivity index (χ3n) is 3.73. The summed E-state index contributed by atoms with van der Waals surface area (Å²) in [4.78, 5) is 18.0. The molecule has 0 radical (unpaired) electrons. The van der Waals surface area contributed by atoms with Crippen molar-refractivity contribution in [3.8, 4) is 0 Å². The molecular weight excluding hydrogens is 282 g/mol. The fourth-order valence-corrected chi connectivity index (χ4v) is 2.60. The molecule has 0 bridgehead atoms. The number of nitrogens with zero attached hydrogens (tertiary/aromatic N) is 1. The van der Waals surface area contributed by atoms with Gasteiger partial charge >= 0.3 is 0 Å². The van der Waals surface area contributed by atoms with Crippen LogP contribution in [0.1, 0.15) is 18.6 Å². The largest absolute Gasteiger partial charge is 0.456 e. The number of furan rings is 1. The van der Waals surface area contributed by atoms with Crippen molar-refractivity contribution in [1.29, 1.82) is 0 Å². The van der Waals surface area contributed by atoms with Crippen LogP contribution in [0.5, 0.6) is 0 Å². The molecule has 0 aliphatic carbocycles. The quantitative estimate of drug-likeness (QED) is 0.455. The van der Waals surface area contributed by atoms with Crippen molar-refractivity contribution in [3.05, 3.63) is 22.2 Å². The van der Waals surface area contributed by atoms with Crippen LogP contribution in [-0.4, -0.2) is 49.7 Å². The Morgan fingerprint density at radius 1 is 1.57 bits per heavy atom. The summed E-state index contributed by atoms with van der Waals surface area (Å²) >= 11 is 0. The summed E-state index contributed by atoms with van der Waals surface area (Å²) in [6, 6.07) is 0. The van der Waals surface area contributed by atoms with E-state index in [9.17, 15) is 20.1 Å². The molecule has 4 atom stereocenters. The fourth-order valence-electron chi connectivity index (χ4n) is 2.60. The van der Waals surface area contributed by atoms with Gasteiger partial charge in [-0.05, 0) is 6.92 Å². The maximum absolute atomic E-state index is 11.7. The SMILES string of the molecule is C[C@@]1(O)[C@H](O)[C@@H](CO)O[C@H]1c1coc2c(=O)[nH]c(N)nc12. The molecule has 2 aromatic rings. The molecule has 9 nitrogen and oxygen atoms in total. The Bertz CT molecular complexity index is 736. The Kier molecular flexibility index (Phi) is 3.02. The van der Waals surface area contributed by atoms with E-state index >= 15 is 0 Å². The van der Waals surface area contributed by atoms with E-state index in [0.717, 1.165) is 0 Å². The van der Waals surface area contributed by atoms with Crippen molar-refractivity contribution in [3.63, 3.8) is 0 Å². The molecule has 1 aliphatic rings. The summed E-state index contributed by atoms with van der Waals surface area (Å²) in [5.41, 5.74) is 3.64. The number of aromatic nitrogens is 2. The first kappa shape index (κ1) is 14.0. The number of anilines is 1. The van der Waals surface area contributed by atoms with Crippen LogP contribution in [0, 0.1) is 0 Å². The number of aliphatic hydroxyl groups excluding tert-OH is 2. The molecule has 0 unspecified atom stereocenters. The topological polar surface area (TPSA) is 155 Å². The van der Waals surface area contributed by atoms with E-state index in [-0.39, 0.29) is 22.6 Å². The van der Waals surface area contributed by atoms with Gasteiger partial charge in [0.1, 0.15) is 29.4 Å². The van der Waals surface area contributed by atoms with E-state index in [1.807, 2.05) is 0 Å². The number of rotatable bonds is 2. The van der Waals surface area contributed by atoms with Crippen LogP contribution in [0.4, 0.5) is 5.95 Å². The maximum atomic E-state index is 11.7. The number of nitrogens with one attached hydrogen (secondary N) is 1. The van der Waals surface area contributed by atoms with Crippen LogP contribution in [0.15, 0.2) is 15.5 Å². The molecule has 0 amide bonds. The Morgan fingerprint density at radius 3 is 2.90 bits per heavy atom. The van der Waals surface area contributed by atoms with Crippen molar-refractivity contribution in [1.82, 2.24) is 9.97 Å². The Morgan fingerprint density at radius 2 is 2.29 bits per heavy atom. The molecule has 21 heavy (non-hydrogen) atoms. The van der Waals surface area contributed by atoms with Gasteiger partial charge in [0, 0.05) is 5.56 Å². The minimum atomic E-state index is -1.68. The number of fused-ring (bicyclic) bond motifs is 1. The Hall–Kier alpha value is -1.94. The van der Waals surface area contributed by atoms with E-state index in [1.54, 1.807) is 0 Å². The first-order valence-corrected chi connectivity index (χ1v) is 6.30. The molecule has 0 aromatic carbocycles. The number of aromatic amines is 1. The average Bonchev–Trinajstić information content (AvgIpc) is 2.91. The van der Waals surface area contributed by atoms with Gasteiger partial charge < -0.3 is 30.2 Å². The van der Waals surface area contributed by atoms with Gasteiger partial charge in [0.2, 0.25) is 11.5 Å². The van der Waals surface area contributed by atoms with E-state index in [0.29, 0.717) is 0 Å². The van der Waals surface area contributed by atoms with E-state index < -0.39 is 36.1 Å². The second-order valence-corrected chi connectivity index (χ2v) is 5.23. The lowest BCUT2D eigenvalue weighted by Gasteiger charge is -2.25. The van der Waals surface area contributed by atoms with Gasteiger partial charge in [-0.2, -0.15) is 0 Å². The Balaban J connectivity index is 2.15. The summed E-state index contributed by atoms with van der Waals surface area (Å²) in [5.74, 6) is -0.105. The van der Waals surface area contributed by atoms with Gasteiger partial charge in [-0.3, -0.25) is 9.78 Å². The van der Waals surface area contributed by atoms with Gasteiger partial charge in [-0.25, -0.2) is 4.98 Å². The van der Waals surface area contributed by atoms with Crippen LogP contribution >= 0.6 is 0 Å². The zero-order chi connectivity index (χ0) is 15.4. The molecule has 3 heterocycles. The normalized spacial score (nSPS) is 32.9. The molecule has 0 saturated carbocycles. The predicted octanol–water partition coefficient (Wildman–Crippen LogP) is -1.36. The average molecular weight is 297 g/mol. The molecular formula is C12H15N3O6. The lowest BCUT2D eigenvalue weighted by Crippen LogP contribution is -2.42. The molecule has 3 rings (SSSR count). The smallest absolute Gasteiger partial charge is 0.295 e. The summed E-state index contributed by atoms with van der Waals surface area (Å²) in [5, 5.41) is 29.6. The number of hydrogen-bond acceptors (Lipinski definition) is 8. The number of nitrogen functional groups attached to an aromatic ring is 1. The van der Waals surface area contributed by atoms with Crippen molar-refractivity contribution < 1.29 is 24.5 Å². The van der Waals surface area contributed by atoms with Crippen LogP contribution in [-0.2, 0) is 4.74 Å². The van der Waals surface area contributed by atoms with Gasteiger partial charge in [0.05, 0.1) is 12.9 Å². The summed E-state index contributed by atoms with van der Waals surface area (Å²) in [6.07, 6.45) is -2.04. The van der Waals surface area contributed by atoms with Crippen LogP contribution in [0.25, 0.3) is 11.1 Å². The number of H-pyrrole nitrogens is 1. The number of hydrogen-bond donors (Lipinski definition) is 5. The number of nitrogens with two attached hydrogens (primary N) is 1. The maximum Gasteiger partial charge on any atom is 0.295 e. The van der Waals surface area contributed by atoms with Crippen LogP contribution < -0.4 is 11.3 Å². The number of aliphatic hydroxyl groups is 3. The minimum Gasteiger partial charge on any atom is -0.456 e. The highest BCUT2D eigenvalue weighted by Gasteiger charge is 2.53. The minimum absolute atomic E-state index is 0.0551. The zero-order valence-corrected chi connectivity index (χ0v) is 11.1.